The van der Waals surface area contributed by atoms with Gasteiger partial charge in [-0.1, -0.05) is 6.92 Å². The van der Waals surface area contributed by atoms with Gasteiger partial charge in [0, 0.05) is 19.8 Å². The Bertz CT molecular complexity index is 483. The molecule has 0 atom stereocenters. The molecule has 2 aromatic rings. The summed E-state index contributed by atoms with van der Waals surface area (Å²) < 4.78 is 1.71. The lowest BCUT2D eigenvalue weighted by Crippen LogP contribution is -2.04. The van der Waals surface area contributed by atoms with Crippen molar-refractivity contribution >= 4 is 17.7 Å². The van der Waals surface area contributed by atoms with Crippen molar-refractivity contribution in [2.75, 3.05) is 11.9 Å². The molecule has 0 saturated carbocycles. The fourth-order valence-corrected chi connectivity index (χ4v) is 1.92. The first-order valence-corrected chi connectivity index (χ1v) is 6.20. The Morgan fingerprint density at radius 2 is 2.29 bits per heavy atom. The Morgan fingerprint density at radius 3 is 3.00 bits per heavy atom. The number of aryl methyl sites for hydroxylation is 1. The van der Waals surface area contributed by atoms with E-state index in [9.17, 15) is 0 Å². The number of anilines is 1. The smallest absolute Gasteiger partial charge is 0.223 e. The molecule has 0 saturated heterocycles. The summed E-state index contributed by atoms with van der Waals surface area (Å²) in [5.41, 5.74) is 0. The second-order valence-corrected chi connectivity index (χ2v) is 4.40. The van der Waals surface area contributed by atoms with E-state index >= 15 is 0 Å². The minimum absolute atomic E-state index is 0.652. The van der Waals surface area contributed by atoms with E-state index in [1.54, 1.807) is 10.9 Å². The summed E-state index contributed by atoms with van der Waals surface area (Å²) in [6, 6.07) is 1.86. The summed E-state index contributed by atoms with van der Waals surface area (Å²) in [5.74, 6) is 0.652. The second-order valence-electron chi connectivity index (χ2n) is 3.41. The third-order valence-electron chi connectivity index (χ3n) is 2.03. The van der Waals surface area contributed by atoms with Gasteiger partial charge in [0.05, 0.1) is 0 Å². The van der Waals surface area contributed by atoms with Gasteiger partial charge < -0.3 is 5.32 Å². The summed E-state index contributed by atoms with van der Waals surface area (Å²) in [7, 11) is 1.85. The van der Waals surface area contributed by atoms with Crippen LogP contribution < -0.4 is 5.32 Å². The summed E-state index contributed by atoms with van der Waals surface area (Å²) >= 11 is 1.47. The van der Waals surface area contributed by atoms with Gasteiger partial charge in [-0.2, -0.15) is 5.10 Å². The van der Waals surface area contributed by atoms with Gasteiger partial charge in [0.25, 0.3) is 0 Å². The highest BCUT2D eigenvalue weighted by molar-refractivity contribution is 7.99. The number of rotatable bonds is 5. The van der Waals surface area contributed by atoms with Gasteiger partial charge in [-0.05, 0) is 24.2 Å². The zero-order chi connectivity index (χ0) is 12.1. The van der Waals surface area contributed by atoms with Gasteiger partial charge in [-0.3, -0.25) is 0 Å². The third kappa shape index (κ3) is 3.16. The van der Waals surface area contributed by atoms with E-state index in [0.717, 1.165) is 23.1 Å². The highest BCUT2D eigenvalue weighted by Crippen LogP contribution is 2.23. The van der Waals surface area contributed by atoms with Gasteiger partial charge in [-0.15, -0.1) is 0 Å². The Hall–Kier alpha value is -1.63. The van der Waals surface area contributed by atoms with E-state index in [0.29, 0.717) is 5.95 Å². The van der Waals surface area contributed by atoms with E-state index in [1.165, 1.54) is 18.1 Å². The summed E-state index contributed by atoms with van der Waals surface area (Å²) in [6.07, 6.45) is 4.31. The predicted molar refractivity (Wildman–Crippen MR) is 65.9 cm³/mol. The molecule has 0 fully saturated rings. The molecule has 0 radical (unpaired) electrons. The van der Waals surface area contributed by atoms with Crippen molar-refractivity contribution in [1.82, 2.24) is 24.7 Å². The molecule has 0 bridgehead atoms. The maximum atomic E-state index is 4.39. The number of aromatic nitrogens is 5. The van der Waals surface area contributed by atoms with Crippen LogP contribution >= 0.6 is 11.8 Å². The molecule has 1 N–H and O–H groups in total. The van der Waals surface area contributed by atoms with Crippen molar-refractivity contribution in [2.45, 2.75) is 23.5 Å². The second kappa shape index (κ2) is 5.62. The van der Waals surface area contributed by atoms with E-state index in [2.05, 4.69) is 32.3 Å². The van der Waals surface area contributed by atoms with E-state index < -0.39 is 0 Å². The normalized spacial score (nSPS) is 10.5. The van der Waals surface area contributed by atoms with Crippen LogP contribution in [0, 0.1) is 0 Å². The largest absolute Gasteiger partial charge is 0.354 e. The molecule has 0 aliphatic heterocycles. The van der Waals surface area contributed by atoms with E-state index in [-0.39, 0.29) is 0 Å². The van der Waals surface area contributed by atoms with E-state index in [1.807, 2.05) is 13.1 Å². The van der Waals surface area contributed by atoms with Gasteiger partial charge in [-0.25, -0.2) is 19.6 Å². The van der Waals surface area contributed by atoms with Crippen LogP contribution in [0.1, 0.15) is 13.3 Å². The molecular weight excluding hydrogens is 236 g/mol. The molecule has 7 heteroatoms. The predicted octanol–water partition coefficient (Wildman–Crippen LogP) is 1.58. The van der Waals surface area contributed by atoms with Gasteiger partial charge >= 0.3 is 0 Å². The van der Waals surface area contributed by atoms with Gasteiger partial charge in [0.1, 0.15) is 11.4 Å². The van der Waals surface area contributed by atoms with Gasteiger partial charge in [0.2, 0.25) is 5.95 Å². The Labute approximate surface area is 104 Å². The molecule has 90 valence electrons. The molecular formula is C10H14N6S. The number of nitrogens with zero attached hydrogens (tertiary/aromatic N) is 5. The van der Waals surface area contributed by atoms with Crippen molar-refractivity contribution in [3.05, 3.63) is 18.6 Å². The van der Waals surface area contributed by atoms with Crippen LogP contribution in [-0.4, -0.2) is 31.3 Å². The SMILES string of the molecule is CCCNc1nccc(Sc2ncnn2C)n1. The lowest BCUT2D eigenvalue weighted by Gasteiger charge is -2.04. The first-order valence-electron chi connectivity index (χ1n) is 5.38. The van der Waals surface area contributed by atoms with Crippen molar-refractivity contribution in [2.24, 2.45) is 7.05 Å². The van der Waals surface area contributed by atoms with Crippen LogP contribution in [-0.2, 0) is 7.05 Å². The average Bonchev–Trinajstić information content (AvgIpc) is 2.73. The molecule has 2 rings (SSSR count). The molecule has 0 unspecified atom stereocenters. The Morgan fingerprint density at radius 1 is 1.41 bits per heavy atom. The molecule has 17 heavy (non-hydrogen) atoms. The van der Waals surface area contributed by atoms with Crippen molar-refractivity contribution < 1.29 is 0 Å². The van der Waals surface area contributed by atoms with Crippen LogP contribution in [0.15, 0.2) is 28.8 Å². The van der Waals surface area contributed by atoms with Crippen LogP contribution in [0.4, 0.5) is 5.95 Å². The highest BCUT2D eigenvalue weighted by Gasteiger charge is 2.05. The quantitative estimate of drug-likeness (QED) is 0.812. The maximum absolute atomic E-state index is 4.39. The summed E-state index contributed by atoms with van der Waals surface area (Å²) in [5, 5.41) is 8.83. The summed E-state index contributed by atoms with van der Waals surface area (Å²) in [4.78, 5) is 12.7. The first kappa shape index (κ1) is 11.8. The fraction of sp³-hybridized carbons (Fsp3) is 0.400. The summed E-state index contributed by atoms with van der Waals surface area (Å²) in [6.45, 7) is 2.98. The zero-order valence-corrected chi connectivity index (χ0v) is 10.6. The van der Waals surface area contributed by atoms with Crippen molar-refractivity contribution in [3.63, 3.8) is 0 Å². The fourth-order valence-electron chi connectivity index (χ4n) is 1.19. The van der Waals surface area contributed by atoms with Crippen LogP contribution in [0.25, 0.3) is 0 Å². The molecule has 2 heterocycles. The molecule has 0 amide bonds. The minimum atomic E-state index is 0.652. The van der Waals surface area contributed by atoms with Crippen molar-refractivity contribution in [1.29, 1.82) is 0 Å². The molecule has 6 nitrogen and oxygen atoms in total. The topological polar surface area (TPSA) is 68.5 Å². The zero-order valence-electron chi connectivity index (χ0n) is 9.79. The lowest BCUT2D eigenvalue weighted by atomic mass is 10.5. The minimum Gasteiger partial charge on any atom is -0.354 e. The standard InChI is InChI=1S/C10H14N6S/c1-3-5-11-9-12-6-4-8(15-9)17-10-13-7-14-16(10)2/h4,6-7H,3,5H2,1-2H3,(H,11,12,15). The number of nitrogens with one attached hydrogen (secondary N) is 1. The molecule has 0 aromatic carbocycles. The Balaban J connectivity index is 2.08. The lowest BCUT2D eigenvalue weighted by molar-refractivity contribution is 0.684. The highest BCUT2D eigenvalue weighted by atomic mass is 32.2. The number of hydrogen-bond acceptors (Lipinski definition) is 6. The number of hydrogen-bond donors (Lipinski definition) is 1. The maximum Gasteiger partial charge on any atom is 0.223 e. The molecule has 0 spiro atoms. The Kier molecular flexibility index (Phi) is 3.92. The monoisotopic (exact) mass is 250 g/mol. The van der Waals surface area contributed by atoms with Crippen LogP contribution in [0.2, 0.25) is 0 Å². The van der Waals surface area contributed by atoms with Crippen molar-refractivity contribution in [3.8, 4) is 0 Å². The van der Waals surface area contributed by atoms with E-state index in [4.69, 9.17) is 0 Å². The third-order valence-corrected chi connectivity index (χ3v) is 3.02. The average molecular weight is 250 g/mol. The molecule has 0 aliphatic rings. The van der Waals surface area contributed by atoms with Crippen LogP contribution in [0.3, 0.4) is 0 Å². The molecule has 0 aliphatic carbocycles. The molecule has 2 aromatic heterocycles. The first-order chi connectivity index (χ1) is 8.29. The van der Waals surface area contributed by atoms with Gasteiger partial charge in [0.15, 0.2) is 5.16 Å². The van der Waals surface area contributed by atoms with Crippen LogP contribution in [0.5, 0.6) is 0 Å².